The number of aryl methyl sites for hydroxylation is 2. The van der Waals surface area contributed by atoms with Crippen molar-refractivity contribution in [1.82, 2.24) is 9.47 Å². The van der Waals surface area contributed by atoms with Crippen molar-refractivity contribution in [2.24, 2.45) is 5.73 Å². The number of morpholine rings is 1. The van der Waals surface area contributed by atoms with E-state index in [-0.39, 0.29) is 5.91 Å². The minimum atomic E-state index is -0.361. The highest BCUT2D eigenvalue weighted by Crippen LogP contribution is 2.29. The van der Waals surface area contributed by atoms with Crippen LogP contribution in [0.1, 0.15) is 33.6 Å². The van der Waals surface area contributed by atoms with Gasteiger partial charge in [0.15, 0.2) is 0 Å². The van der Waals surface area contributed by atoms with Gasteiger partial charge in [-0.3, -0.25) is 9.69 Å². The minimum absolute atomic E-state index is 0.361. The molecule has 0 unspecified atom stereocenters. The molecular formula is C21H29N3O2. The number of amides is 1. The third kappa shape index (κ3) is 4.00. The number of aromatic nitrogens is 1. The molecule has 140 valence electrons. The highest BCUT2D eigenvalue weighted by molar-refractivity contribution is 5.95. The van der Waals surface area contributed by atoms with E-state index in [1.807, 2.05) is 13.0 Å². The van der Waals surface area contributed by atoms with Crippen LogP contribution in [-0.4, -0.2) is 48.2 Å². The number of carbonyl (C=O) groups excluding carboxylic acids is 1. The second kappa shape index (κ2) is 8.06. The lowest BCUT2D eigenvalue weighted by atomic mass is 10.0. The summed E-state index contributed by atoms with van der Waals surface area (Å²) in [6.07, 6.45) is 1.03. The Bertz CT molecular complexity index is 789. The van der Waals surface area contributed by atoms with E-state index in [2.05, 4.69) is 41.5 Å². The molecule has 0 atom stereocenters. The predicted molar refractivity (Wildman–Crippen MR) is 104 cm³/mol. The number of rotatable bonds is 6. The van der Waals surface area contributed by atoms with Gasteiger partial charge >= 0.3 is 0 Å². The van der Waals surface area contributed by atoms with Crippen LogP contribution in [0.2, 0.25) is 0 Å². The van der Waals surface area contributed by atoms with Gasteiger partial charge in [0.05, 0.1) is 18.8 Å². The summed E-state index contributed by atoms with van der Waals surface area (Å²) in [5.74, 6) is -0.361. The summed E-state index contributed by atoms with van der Waals surface area (Å²) >= 11 is 0. The van der Waals surface area contributed by atoms with Crippen LogP contribution in [0.5, 0.6) is 0 Å². The second-order valence-electron chi connectivity index (χ2n) is 7.17. The van der Waals surface area contributed by atoms with Crippen molar-refractivity contribution in [3.05, 3.63) is 46.6 Å². The zero-order chi connectivity index (χ0) is 18.7. The molecule has 1 fully saturated rings. The van der Waals surface area contributed by atoms with Gasteiger partial charge in [-0.25, -0.2) is 0 Å². The maximum atomic E-state index is 11.9. The van der Waals surface area contributed by atoms with Crippen LogP contribution in [0.25, 0.3) is 11.3 Å². The molecule has 2 heterocycles. The molecule has 0 radical (unpaired) electrons. The summed E-state index contributed by atoms with van der Waals surface area (Å²) in [6, 6.07) is 8.39. The number of benzene rings is 1. The van der Waals surface area contributed by atoms with E-state index < -0.39 is 0 Å². The average molecular weight is 355 g/mol. The number of hydrogen-bond acceptors (Lipinski definition) is 3. The van der Waals surface area contributed by atoms with Crippen molar-refractivity contribution >= 4 is 5.91 Å². The van der Waals surface area contributed by atoms with Gasteiger partial charge in [-0.15, -0.1) is 0 Å². The Morgan fingerprint density at radius 2 is 1.85 bits per heavy atom. The van der Waals surface area contributed by atoms with Gasteiger partial charge in [0.1, 0.15) is 0 Å². The third-order valence-corrected chi connectivity index (χ3v) is 5.25. The number of carbonyl (C=O) groups is 1. The van der Waals surface area contributed by atoms with Crippen LogP contribution in [0, 0.1) is 20.8 Å². The number of primary amides is 1. The molecule has 26 heavy (non-hydrogen) atoms. The van der Waals surface area contributed by atoms with Crippen LogP contribution in [-0.2, 0) is 11.3 Å². The first-order chi connectivity index (χ1) is 12.5. The quantitative estimate of drug-likeness (QED) is 0.867. The predicted octanol–water partition coefficient (Wildman–Crippen LogP) is 2.90. The molecule has 0 bridgehead atoms. The SMILES string of the molecule is Cc1ccc(-c2cc(C(N)=O)c(C)n2CCCN2CCOCC2)c(C)c1. The number of nitrogens with zero attached hydrogens (tertiary/aromatic N) is 2. The standard InChI is InChI=1S/C21H29N3O2/c1-15-5-6-18(16(2)13-15)20-14-19(21(22)25)17(3)24(20)8-4-7-23-9-11-26-12-10-23/h5-6,13-14H,4,7-12H2,1-3H3,(H2,22,25). The van der Waals surface area contributed by atoms with Gasteiger partial charge in [0.25, 0.3) is 5.91 Å². The summed E-state index contributed by atoms with van der Waals surface area (Å²) in [5, 5.41) is 0. The lowest BCUT2D eigenvalue weighted by Gasteiger charge is -2.26. The molecule has 5 nitrogen and oxygen atoms in total. The Balaban J connectivity index is 1.85. The first-order valence-corrected chi connectivity index (χ1v) is 9.35. The normalized spacial score (nSPS) is 15.3. The molecule has 0 saturated carbocycles. The Morgan fingerprint density at radius 3 is 2.50 bits per heavy atom. The van der Waals surface area contributed by atoms with Crippen LogP contribution in [0.3, 0.4) is 0 Å². The van der Waals surface area contributed by atoms with Gasteiger partial charge < -0.3 is 15.0 Å². The van der Waals surface area contributed by atoms with Crippen molar-refractivity contribution in [3.63, 3.8) is 0 Å². The molecule has 1 aromatic heterocycles. The average Bonchev–Trinajstić information content (AvgIpc) is 2.93. The van der Waals surface area contributed by atoms with Crippen molar-refractivity contribution in [1.29, 1.82) is 0 Å². The van der Waals surface area contributed by atoms with Crippen LogP contribution in [0.4, 0.5) is 0 Å². The lowest BCUT2D eigenvalue weighted by molar-refractivity contribution is 0.0369. The van der Waals surface area contributed by atoms with Crippen molar-refractivity contribution in [2.75, 3.05) is 32.8 Å². The zero-order valence-electron chi connectivity index (χ0n) is 16.0. The van der Waals surface area contributed by atoms with Gasteiger partial charge in [-0.2, -0.15) is 0 Å². The van der Waals surface area contributed by atoms with Gasteiger partial charge in [0.2, 0.25) is 0 Å². The van der Waals surface area contributed by atoms with E-state index in [9.17, 15) is 4.79 Å². The van der Waals surface area contributed by atoms with E-state index in [0.29, 0.717) is 5.56 Å². The third-order valence-electron chi connectivity index (χ3n) is 5.25. The molecule has 1 aromatic carbocycles. The van der Waals surface area contributed by atoms with Crippen LogP contribution in [0.15, 0.2) is 24.3 Å². The number of ether oxygens (including phenoxy) is 1. The fraction of sp³-hybridized carbons (Fsp3) is 0.476. The molecule has 1 saturated heterocycles. The fourth-order valence-electron chi connectivity index (χ4n) is 3.78. The minimum Gasteiger partial charge on any atom is -0.379 e. The summed E-state index contributed by atoms with van der Waals surface area (Å²) in [6.45, 7) is 11.8. The van der Waals surface area contributed by atoms with E-state index in [1.165, 1.54) is 11.1 Å². The van der Waals surface area contributed by atoms with Crippen molar-refractivity contribution < 1.29 is 9.53 Å². The van der Waals surface area contributed by atoms with Gasteiger partial charge in [-0.1, -0.05) is 23.8 Å². The van der Waals surface area contributed by atoms with Crippen molar-refractivity contribution in [3.8, 4) is 11.3 Å². The lowest BCUT2D eigenvalue weighted by Crippen LogP contribution is -2.37. The zero-order valence-corrected chi connectivity index (χ0v) is 16.0. The molecule has 3 rings (SSSR count). The van der Waals surface area contributed by atoms with Gasteiger partial charge in [0, 0.05) is 43.1 Å². The Morgan fingerprint density at radius 1 is 1.12 bits per heavy atom. The van der Waals surface area contributed by atoms with E-state index >= 15 is 0 Å². The van der Waals surface area contributed by atoms with Crippen LogP contribution >= 0.6 is 0 Å². The Labute approximate surface area is 155 Å². The summed E-state index contributed by atoms with van der Waals surface area (Å²) in [4.78, 5) is 14.3. The first kappa shape index (κ1) is 18.7. The fourth-order valence-corrected chi connectivity index (χ4v) is 3.78. The molecule has 0 aliphatic carbocycles. The molecular weight excluding hydrogens is 326 g/mol. The maximum absolute atomic E-state index is 11.9. The maximum Gasteiger partial charge on any atom is 0.250 e. The van der Waals surface area contributed by atoms with Gasteiger partial charge in [-0.05, 0) is 38.8 Å². The van der Waals surface area contributed by atoms with E-state index in [0.717, 1.165) is 62.8 Å². The highest BCUT2D eigenvalue weighted by Gasteiger charge is 2.18. The first-order valence-electron chi connectivity index (χ1n) is 9.35. The van der Waals surface area contributed by atoms with Crippen LogP contribution < -0.4 is 5.73 Å². The van der Waals surface area contributed by atoms with E-state index in [1.54, 1.807) is 0 Å². The Hall–Kier alpha value is -2.11. The second-order valence-corrected chi connectivity index (χ2v) is 7.17. The highest BCUT2D eigenvalue weighted by atomic mass is 16.5. The largest absolute Gasteiger partial charge is 0.379 e. The molecule has 5 heteroatoms. The molecule has 0 spiro atoms. The Kier molecular flexibility index (Phi) is 5.79. The molecule has 2 aromatic rings. The molecule has 2 N–H and O–H groups in total. The summed E-state index contributed by atoms with van der Waals surface area (Å²) in [5.41, 5.74) is 11.9. The van der Waals surface area contributed by atoms with E-state index in [4.69, 9.17) is 10.5 Å². The topological polar surface area (TPSA) is 60.5 Å². The smallest absolute Gasteiger partial charge is 0.250 e. The van der Waals surface area contributed by atoms with Crippen molar-refractivity contribution in [2.45, 2.75) is 33.7 Å². The molecule has 1 amide bonds. The number of nitrogens with two attached hydrogens (primary N) is 1. The summed E-state index contributed by atoms with van der Waals surface area (Å²) in [7, 11) is 0. The number of hydrogen-bond donors (Lipinski definition) is 1. The summed E-state index contributed by atoms with van der Waals surface area (Å²) < 4.78 is 7.66. The monoisotopic (exact) mass is 355 g/mol. The molecule has 1 aliphatic heterocycles. The molecule has 1 aliphatic rings.